The van der Waals surface area contributed by atoms with Crippen LogP contribution in [0.3, 0.4) is 0 Å². The van der Waals surface area contributed by atoms with Crippen LogP contribution in [0.2, 0.25) is 0 Å². The number of hydrogen-bond acceptors (Lipinski definition) is 2. The van der Waals surface area contributed by atoms with Crippen LogP contribution in [0, 0.1) is 5.92 Å². The molecule has 1 fully saturated rings. The Kier molecular flexibility index (Phi) is 6.08. The van der Waals surface area contributed by atoms with Crippen LogP contribution < -0.4 is 4.72 Å². The van der Waals surface area contributed by atoms with Crippen molar-refractivity contribution >= 4 is 21.6 Å². The minimum absolute atomic E-state index is 0.0499. The normalized spacial score (nSPS) is 20.9. The van der Waals surface area contributed by atoms with E-state index >= 15 is 0 Å². The van der Waals surface area contributed by atoms with E-state index in [0.717, 1.165) is 12.8 Å². The number of rotatable bonds is 6. The second kappa shape index (κ2) is 6.82. The van der Waals surface area contributed by atoms with Crippen molar-refractivity contribution in [3.05, 3.63) is 0 Å². The van der Waals surface area contributed by atoms with Crippen molar-refractivity contribution in [3.8, 4) is 0 Å². The van der Waals surface area contributed by atoms with Crippen LogP contribution in [-0.4, -0.2) is 26.1 Å². The lowest BCUT2D eigenvalue weighted by atomic mass is 9.91. The first-order chi connectivity index (χ1) is 7.53. The predicted molar refractivity (Wildman–Crippen MR) is 68.3 cm³/mol. The van der Waals surface area contributed by atoms with Gasteiger partial charge in [0.1, 0.15) is 0 Å². The van der Waals surface area contributed by atoms with Gasteiger partial charge in [-0.3, -0.25) is 0 Å². The third-order valence-corrected chi connectivity index (χ3v) is 4.99. The highest BCUT2D eigenvalue weighted by molar-refractivity contribution is 7.89. The summed E-state index contributed by atoms with van der Waals surface area (Å²) in [5.41, 5.74) is 0. The van der Waals surface area contributed by atoms with E-state index in [0.29, 0.717) is 24.0 Å². The van der Waals surface area contributed by atoms with E-state index in [1.165, 1.54) is 19.3 Å². The molecule has 0 spiro atoms. The summed E-state index contributed by atoms with van der Waals surface area (Å²) in [6.07, 6.45) is 6.42. The van der Waals surface area contributed by atoms with E-state index in [4.69, 9.17) is 11.6 Å². The summed E-state index contributed by atoms with van der Waals surface area (Å²) in [7, 11) is -3.11. The Hall–Kier alpha value is 0.200. The van der Waals surface area contributed by atoms with E-state index in [2.05, 4.69) is 4.72 Å². The Morgan fingerprint density at radius 1 is 1.31 bits per heavy atom. The minimum Gasteiger partial charge on any atom is -0.212 e. The van der Waals surface area contributed by atoms with Crippen molar-refractivity contribution in [2.24, 2.45) is 5.92 Å². The van der Waals surface area contributed by atoms with Gasteiger partial charge in [-0.05, 0) is 32.1 Å². The van der Waals surface area contributed by atoms with Crippen LogP contribution in [-0.2, 0) is 10.0 Å². The molecule has 0 saturated heterocycles. The largest absolute Gasteiger partial charge is 0.212 e. The molecular formula is C11H22ClNO2S. The molecular weight excluding hydrogens is 246 g/mol. The molecule has 0 radical (unpaired) electrons. The molecule has 1 saturated carbocycles. The van der Waals surface area contributed by atoms with Crippen molar-refractivity contribution in [1.29, 1.82) is 0 Å². The highest BCUT2D eigenvalue weighted by atomic mass is 35.5. The van der Waals surface area contributed by atoms with Crippen LogP contribution in [0.15, 0.2) is 0 Å². The molecule has 0 unspecified atom stereocenters. The van der Waals surface area contributed by atoms with Gasteiger partial charge in [-0.2, -0.15) is 0 Å². The number of hydrogen-bond donors (Lipinski definition) is 1. The van der Waals surface area contributed by atoms with Crippen LogP contribution in [0.5, 0.6) is 0 Å². The summed E-state index contributed by atoms with van der Waals surface area (Å²) in [5.74, 6) is 1.14. The Morgan fingerprint density at radius 3 is 2.50 bits per heavy atom. The maximum Gasteiger partial charge on any atom is 0.212 e. The van der Waals surface area contributed by atoms with Crippen LogP contribution >= 0.6 is 11.6 Å². The maximum absolute atomic E-state index is 11.8. The third-order valence-electron chi connectivity index (χ3n) is 3.10. The average molecular weight is 268 g/mol. The predicted octanol–water partition coefficient (Wildman–Crippen LogP) is 2.50. The lowest BCUT2D eigenvalue weighted by Crippen LogP contribution is -2.37. The Bertz CT molecular complexity index is 286. The molecule has 0 aromatic rings. The van der Waals surface area contributed by atoms with E-state index in [-0.39, 0.29) is 6.04 Å². The van der Waals surface area contributed by atoms with Crippen LogP contribution in [0.4, 0.5) is 0 Å². The van der Waals surface area contributed by atoms with Crippen molar-refractivity contribution in [2.45, 2.75) is 51.5 Å². The van der Waals surface area contributed by atoms with E-state index < -0.39 is 10.0 Å². The average Bonchev–Trinajstić information content (AvgIpc) is 2.17. The van der Waals surface area contributed by atoms with E-state index in [1.54, 1.807) is 0 Å². The van der Waals surface area contributed by atoms with Gasteiger partial charge in [-0.1, -0.05) is 19.3 Å². The molecule has 0 heterocycles. The number of sulfonamides is 1. The van der Waals surface area contributed by atoms with E-state index in [9.17, 15) is 8.42 Å². The fraction of sp³-hybridized carbons (Fsp3) is 1.00. The van der Waals surface area contributed by atoms with Crippen LogP contribution in [0.1, 0.15) is 45.4 Å². The molecule has 1 atom stereocenters. The molecule has 3 nitrogen and oxygen atoms in total. The summed E-state index contributed by atoms with van der Waals surface area (Å²) >= 11 is 5.58. The fourth-order valence-electron chi connectivity index (χ4n) is 2.24. The number of nitrogens with one attached hydrogen (secondary N) is 1. The van der Waals surface area contributed by atoms with Gasteiger partial charge in [0.2, 0.25) is 10.0 Å². The molecule has 1 rings (SSSR count). The highest BCUT2D eigenvalue weighted by Crippen LogP contribution is 2.24. The van der Waals surface area contributed by atoms with Gasteiger partial charge in [-0.25, -0.2) is 13.1 Å². The Morgan fingerprint density at radius 2 is 1.94 bits per heavy atom. The second-order valence-corrected chi connectivity index (χ2v) is 6.96. The molecule has 0 aliphatic heterocycles. The molecule has 0 bridgehead atoms. The Labute approximate surface area is 104 Å². The first kappa shape index (κ1) is 14.3. The van der Waals surface area contributed by atoms with E-state index in [1.807, 2.05) is 6.92 Å². The van der Waals surface area contributed by atoms with Gasteiger partial charge in [0.25, 0.3) is 0 Å². The smallest absolute Gasteiger partial charge is 0.212 e. The topological polar surface area (TPSA) is 46.2 Å². The quantitative estimate of drug-likeness (QED) is 0.752. The van der Waals surface area contributed by atoms with Gasteiger partial charge in [-0.15, -0.1) is 11.6 Å². The number of halogens is 1. The zero-order chi connectivity index (χ0) is 12.0. The van der Waals surface area contributed by atoms with Crippen molar-refractivity contribution < 1.29 is 8.42 Å². The molecule has 0 amide bonds. The highest BCUT2D eigenvalue weighted by Gasteiger charge is 2.22. The fourth-order valence-corrected chi connectivity index (χ4v) is 4.35. The zero-order valence-corrected chi connectivity index (χ0v) is 11.5. The molecule has 0 aromatic carbocycles. The maximum atomic E-state index is 11.8. The summed E-state index contributed by atoms with van der Waals surface area (Å²) in [4.78, 5) is 0. The molecule has 1 N–H and O–H groups in total. The first-order valence-corrected chi connectivity index (χ1v) is 8.28. The monoisotopic (exact) mass is 267 g/mol. The van der Waals surface area contributed by atoms with Crippen molar-refractivity contribution in [3.63, 3.8) is 0 Å². The van der Waals surface area contributed by atoms with Crippen molar-refractivity contribution in [1.82, 2.24) is 4.72 Å². The second-order valence-electron chi connectivity index (χ2n) is 4.78. The van der Waals surface area contributed by atoms with Gasteiger partial charge >= 0.3 is 0 Å². The molecule has 96 valence electrons. The minimum atomic E-state index is -3.11. The van der Waals surface area contributed by atoms with Gasteiger partial charge in [0, 0.05) is 11.9 Å². The molecule has 1 aliphatic rings. The van der Waals surface area contributed by atoms with Crippen molar-refractivity contribution in [2.75, 3.05) is 11.6 Å². The third kappa shape index (κ3) is 5.51. The summed E-state index contributed by atoms with van der Waals surface area (Å²) < 4.78 is 26.4. The van der Waals surface area contributed by atoms with Gasteiger partial charge in [0.05, 0.1) is 5.75 Å². The standard InChI is InChI=1S/C11H22ClNO2S/c1-10(7-8-12)13-16(14,15)9-11-5-3-2-4-6-11/h10-11,13H,2-9H2,1H3/t10-/m0/s1. The lowest BCUT2D eigenvalue weighted by Gasteiger charge is -2.22. The zero-order valence-electron chi connectivity index (χ0n) is 9.91. The molecule has 5 heteroatoms. The first-order valence-electron chi connectivity index (χ1n) is 6.09. The van der Waals surface area contributed by atoms with Crippen LogP contribution in [0.25, 0.3) is 0 Å². The van der Waals surface area contributed by atoms with Gasteiger partial charge < -0.3 is 0 Å². The molecule has 0 aromatic heterocycles. The summed E-state index contributed by atoms with van der Waals surface area (Å²) in [6, 6.07) is -0.0499. The summed E-state index contributed by atoms with van der Waals surface area (Å²) in [6.45, 7) is 1.86. The molecule has 16 heavy (non-hydrogen) atoms. The van der Waals surface area contributed by atoms with Gasteiger partial charge in [0.15, 0.2) is 0 Å². The molecule has 1 aliphatic carbocycles. The SMILES string of the molecule is C[C@@H](CCCl)NS(=O)(=O)CC1CCCCC1. The number of alkyl halides is 1. The Balaban J connectivity index is 2.38. The summed E-state index contributed by atoms with van der Waals surface area (Å²) in [5, 5.41) is 0. The lowest BCUT2D eigenvalue weighted by molar-refractivity contribution is 0.383.